The van der Waals surface area contributed by atoms with Crippen LogP contribution in [0, 0.1) is 5.41 Å². The first kappa shape index (κ1) is 16.8. The molecule has 1 aliphatic heterocycles. The van der Waals surface area contributed by atoms with Crippen LogP contribution in [-0.2, 0) is 14.4 Å². The molecule has 20 heavy (non-hydrogen) atoms. The minimum atomic E-state index is -0.495. The molecule has 2 amide bonds. The number of nitrogens with zero attached hydrogens (tertiary/aromatic N) is 1. The molecule has 5 nitrogen and oxygen atoms in total. The van der Waals surface area contributed by atoms with Gasteiger partial charge in [-0.25, -0.2) is 0 Å². The molecule has 0 aromatic carbocycles. The van der Waals surface area contributed by atoms with Crippen molar-refractivity contribution < 1.29 is 14.4 Å². The topological polar surface area (TPSA) is 66.5 Å². The lowest BCUT2D eigenvalue weighted by molar-refractivity contribution is -0.131. The number of amides is 2. The van der Waals surface area contributed by atoms with Crippen molar-refractivity contribution in [2.45, 2.75) is 40.7 Å². The van der Waals surface area contributed by atoms with Gasteiger partial charge in [-0.15, -0.1) is 0 Å². The van der Waals surface area contributed by atoms with Crippen molar-refractivity contribution in [1.29, 1.82) is 0 Å². The second-order valence-corrected chi connectivity index (χ2v) is 7.08. The average molecular weight is 298 g/mol. The molecule has 112 valence electrons. The third-order valence-corrected chi connectivity index (χ3v) is 3.68. The van der Waals surface area contributed by atoms with Crippen LogP contribution in [0.1, 0.15) is 34.6 Å². The van der Waals surface area contributed by atoms with Gasteiger partial charge in [0.15, 0.2) is 5.78 Å². The van der Waals surface area contributed by atoms with E-state index in [9.17, 15) is 14.4 Å². The minimum Gasteiger partial charge on any atom is -0.352 e. The average Bonchev–Trinajstić information content (AvgIpc) is 2.59. The number of thioether (sulfide) groups is 1. The zero-order valence-corrected chi connectivity index (χ0v) is 13.5. The summed E-state index contributed by atoms with van der Waals surface area (Å²) in [7, 11) is 0. The molecule has 0 radical (unpaired) electrons. The molecule has 1 rings (SSSR count). The third-order valence-electron chi connectivity index (χ3n) is 2.66. The molecule has 1 saturated heterocycles. The van der Waals surface area contributed by atoms with Crippen LogP contribution in [-0.4, -0.2) is 40.8 Å². The highest BCUT2D eigenvalue weighted by Gasteiger charge is 2.30. The maximum Gasteiger partial charge on any atom is 0.240 e. The van der Waals surface area contributed by atoms with Gasteiger partial charge in [0.1, 0.15) is 6.54 Å². The maximum atomic E-state index is 12.0. The first-order chi connectivity index (χ1) is 9.11. The van der Waals surface area contributed by atoms with Gasteiger partial charge < -0.3 is 5.32 Å². The van der Waals surface area contributed by atoms with E-state index in [2.05, 4.69) is 5.32 Å². The van der Waals surface area contributed by atoms with Crippen LogP contribution in [0.2, 0.25) is 0 Å². The Morgan fingerprint density at radius 1 is 1.40 bits per heavy atom. The van der Waals surface area contributed by atoms with Gasteiger partial charge in [-0.2, -0.15) is 0 Å². The highest BCUT2D eigenvalue weighted by atomic mass is 32.2. The Hall–Kier alpha value is -1.30. The number of carbonyl (C=O) groups is 3. The quantitative estimate of drug-likeness (QED) is 0.800. The zero-order valence-electron chi connectivity index (χ0n) is 12.6. The highest BCUT2D eigenvalue weighted by molar-refractivity contribution is 8.04. The second-order valence-electron chi connectivity index (χ2n) is 6.09. The first-order valence-corrected chi connectivity index (χ1v) is 7.58. The summed E-state index contributed by atoms with van der Waals surface area (Å²) < 4.78 is 0. The smallest absolute Gasteiger partial charge is 0.240 e. The molecule has 1 fully saturated rings. The molecule has 0 bridgehead atoms. The van der Waals surface area contributed by atoms with Crippen LogP contribution >= 0.6 is 11.8 Å². The number of hydrogen-bond acceptors (Lipinski definition) is 4. The Morgan fingerprint density at radius 3 is 2.50 bits per heavy atom. The van der Waals surface area contributed by atoms with Gasteiger partial charge in [-0.1, -0.05) is 32.5 Å². The molecule has 0 atom stereocenters. The molecular formula is C14H22N2O3S. The molecule has 6 heteroatoms. The Bertz CT molecular complexity index is 450. The minimum absolute atomic E-state index is 0.0245. The SMILES string of the molecule is CC(C)NC(=O)CN1C(=O)CS/C1=C\C(=O)C(C)(C)C. The summed E-state index contributed by atoms with van der Waals surface area (Å²) in [5.41, 5.74) is -0.495. The summed E-state index contributed by atoms with van der Waals surface area (Å²) in [6.07, 6.45) is 1.47. The van der Waals surface area contributed by atoms with Gasteiger partial charge in [-0.05, 0) is 13.8 Å². The van der Waals surface area contributed by atoms with Crippen molar-refractivity contribution in [2.24, 2.45) is 5.41 Å². The van der Waals surface area contributed by atoms with Gasteiger partial charge in [0, 0.05) is 17.5 Å². The Kier molecular flexibility index (Phi) is 5.39. The summed E-state index contributed by atoms with van der Waals surface area (Å²) >= 11 is 1.30. The Labute approximate surface area is 124 Å². The molecule has 1 aliphatic rings. The predicted octanol–water partition coefficient (Wildman–Crippen LogP) is 1.54. The molecular weight excluding hydrogens is 276 g/mol. The molecule has 0 aromatic heterocycles. The Balaban J connectivity index is 2.82. The van der Waals surface area contributed by atoms with Gasteiger partial charge in [-0.3, -0.25) is 19.3 Å². The molecule has 0 spiro atoms. The fraction of sp³-hybridized carbons (Fsp3) is 0.643. The summed E-state index contributed by atoms with van der Waals surface area (Å²) in [6, 6.07) is 0.0245. The summed E-state index contributed by atoms with van der Waals surface area (Å²) in [6.45, 7) is 9.15. The van der Waals surface area contributed by atoms with E-state index in [1.54, 1.807) is 0 Å². The maximum absolute atomic E-state index is 12.0. The van der Waals surface area contributed by atoms with Crippen LogP contribution in [0.3, 0.4) is 0 Å². The summed E-state index contributed by atoms with van der Waals surface area (Å²) in [5, 5.41) is 3.30. The molecule has 0 unspecified atom stereocenters. The van der Waals surface area contributed by atoms with Crippen LogP contribution in [0.25, 0.3) is 0 Å². The Morgan fingerprint density at radius 2 is 2.00 bits per heavy atom. The largest absolute Gasteiger partial charge is 0.352 e. The van der Waals surface area contributed by atoms with Crippen LogP contribution in [0.4, 0.5) is 0 Å². The van der Waals surface area contributed by atoms with Gasteiger partial charge in [0.05, 0.1) is 10.8 Å². The molecule has 1 N–H and O–H groups in total. The lowest BCUT2D eigenvalue weighted by atomic mass is 9.91. The van der Waals surface area contributed by atoms with Crippen LogP contribution in [0.5, 0.6) is 0 Å². The van der Waals surface area contributed by atoms with Crippen molar-refractivity contribution >= 4 is 29.4 Å². The van der Waals surface area contributed by atoms with E-state index >= 15 is 0 Å². The van der Waals surface area contributed by atoms with Crippen molar-refractivity contribution in [2.75, 3.05) is 12.3 Å². The normalized spacial score (nSPS) is 18.0. The fourth-order valence-electron chi connectivity index (χ4n) is 1.54. The van der Waals surface area contributed by atoms with E-state index in [1.165, 1.54) is 22.7 Å². The van der Waals surface area contributed by atoms with E-state index in [-0.39, 0.29) is 35.9 Å². The first-order valence-electron chi connectivity index (χ1n) is 6.60. The second kappa shape index (κ2) is 6.43. The number of carbonyl (C=O) groups excluding carboxylic acids is 3. The van der Waals surface area contributed by atoms with Crippen molar-refractivity contribution in [3.05, 3.63) is 11.1 Å². The third kappa shape index (κ3) is 4.67. The molecule has 1 heterocycles. The van der Waals surface area contributed by atoms with E-state index < -0.39 is 5.41 Å². The van der Waals surface area contributed by atoms with E-state index in [1.807, 2.05) is 34.6 Å². The number of hydrogen-bond donors (Lipinski definition) is 1. The van der Waals surface area contributed by atoms with Crippen LogP contribution in [0.15, 0.2) is 11.1 Å². The number of ketones is 1. The van der Waals surface area contributed by atoms with Crippen molar-refractivity contribution in [1.82, 2.24) is 10.2 Å². The molecule has 0 aliphatic carbocycles. The van der Waals surface area contributed by atoms with Crippen LogP contribution < -0.4 is 5.32 Å². The van der Waals surface area contributed by atoms with Gasteiger partial charge >= 0.3 is 0 Å². The number of nitrogens with one attached hydrogen (secondary N) is 1. The summed E-state index contributed by atoms with van der Waals surface area (Å²) in [4.78, 5) is 37.0. The fourth-order valence-corrected chi connectivity index (χ4v) is 2.48. The van der Waals surface area contributed by atoms with E-state index in [4.69, 9.17) is 0 Å². The number of rotatable bonds is 4. The predicted molar refractivity (Wildman–Crippen MR) is 80.0 cm³/mol. The van der Waals surface area contributed by atoms with Gasteiger partial charge in [0.25, 0.3) is 0 Å². The highest BCUT2D eigenvalue weighted by Crippen LogP contribution is 2.30. The number of allylic oxidation sites excluding steroid dienone is 1. The van der Waals surface area contributed by atoms with Gasteiger partial charge in [0.2, 0.25) is 11.8 Å². The standard InChI is InChI=1S/C14H22N2O3S/c1-9(2)15-11(18)7-16-12(19)8-20-13(16)6-10(17)14(3,4)5/h6,9H,7-8H2,1-5H3,(H,15,18)/b13-6-. The monoisotopic (exact) mass is 298 g/mol. The van der Waals surface area contributed by atoms with Crippen molar-refractivity contribution in [3.63, 3.8) is 0 Å². The molecule has 0 aromatic rings. The lowest BCUT2D eigenvalue weighted by Crippen LogP contribution is -2.40. The zero-order chi connectivity index (χ0) is 15.5. The lowest BCUT2D eigenvalue weighted by Gasteiger charge is -2.19. The van der Waals surface area contributed by atoms with E-state index in [0.29, 0.717) is 5.03 Å². The summed E-state index contributed by atoms with van der Waals surface area (Å²) in [5.74, 6) is -0.131. The molecule has 0 saturated carbocycles. The van der Waals surface area contributed by atoms with Crippen molar-refractivity contribution in [3.8, 4) is 0 Å². The van der Waals surface area contributed by atoms with E-state index in [0.717, 1.165) is 0 Å².